The van der Waals surface area contributed by atoms with E-state index in [0.717, 1.165) is 0 Å². The van der Waals surface area contributed by atoms with Crippen LogP contribution in [0.15, 0.2) is 18.2 Å². The molecule has 0 amide bonds. The van der Waals surface area contributed by atoms with E-state index in [0.29, 0.717) is 23.4 Å². The molecule has 0 heterocycles. The minimum absolute atomic E-state index is 0.0488. The number of β-amino-alcohol motifs (C(OH)–C–C–N with tert-alkyl or cyclic N) is 1. The minimum atomic E-state index is -0.637. The van der Waals surface area contributed by atoms with Crippen LogP contribution in [0.1, 0.15) is 38.0 Å². The summed E-state index contributed by atoms with van der Waals surface area (Å²) in [6, 6.07) is 7.02. The van der Waals surface area contributed by atoms with Gasteiger partial charge in [-0.25, -0.2) is 0 Å². The van der Waals surface area contributed by atoms with Gasteiger partial charge in [0.2, 0.25) is 0 Å². The summed E-state index contributed by atoms with van der Waals surface area (Å²) in [4.78, 5) is 0. The van der Waals surface area contributed by atoms with Gasteiger partial charge in [0, 0.05) is 17.8 Å². The van der Waals surface area contributed by atoms with Crippen molar-refractivity contribution in [2.24, 2.45) is 0 Å². The molecule has 0 fully saturated rings. The molecule has 4 nitrogen and oxygen atoms in total. The van der Waals surface area contributed by atoms with Crippen LogP contribution in [0.5, 0.6) is 0 Å². The number of nitrogens with one attached hydrogen (secondary N) is 1. The fourth-order valence-electron chi connectivity index (χ4n) is 1.40. The molecule has 0 aliphatic carbocycles. The van der Waals surface area contributed by atoms with Crippen LogP contribution in [0.25, 0.3) is 0 Å². The van der Waals surface area contributed by atoms with E-state index in [1.54, 1.807) is 18.2 Å². The van der Waals surface area contributed by atoms with Gasteiger partial charge in [-0.15, -0.1) is 0 Å². The predicted molar refractivity (Wildman–Crippen MR) is 68.3 cm³/mol. The van der Waals surface area contributed by atoms with E-state index in [9.17, 15) is 5.11 Å². The van der Waals surface area contributed by atoms with Gasteiger partial charge in [-0.3, -0.25) is 0 Å². The number of aliphatic hydroxyl groups is 1. The molecule has 1 rings (SSSR count). The first-order chi connectivity index (χ1) is 7.83. The average Bonchev–Trinajstić information content (AvgIpc) is 2.25. The van der Waals surface area contributed by atoms with Gasteiger partial charge in [0.25, 0.3) is 0 Å². The SMILES string of the molecule is CC(C)(C)NCC(O)c1ccc(N)c(C#N)c1. The van der Waals surface area contributed by atoms with Crippen LogP contribution in [-0.2, 0) is 0 Å². The van der Waals surface area contributed by atoms with Crippen LogP contribution in [0.4, 0.5) is 5.69 Å². The molecular formula is C13H19N3O. The third-order valence-electron chi connectivity index (χ3n) is 2.41. The highest BCUT2D eigenvalue weighted by atomic mass is 16.3. The Balaban J connectivity index is 2.77. The number of hydrogen-bond donors (Lipinski definition) is 3. The zero-order valence-corrected chi connectivity index (χ0v) is 10.5. The second kappa shape index (κ2) is 5.17. The lowest BCUT2D eigenvalue weighted by molar-refractivity contribution is 0.163. The summed E-state index contributed by atoms with van der Waals surface area (Å²) < 4.78 is 0. The molecule has 92 valence electrons. The molecule has 4 heteroatoms. The Kier molecular flexibility index (Phi) is 4.11. The molecule has 0 radical (unpaired) electrons. The van der Waals surface area contributed by atoms with Crippen LogP contribution in [-0.4, -0.2) is 17.2 Å². The van der Waals surface area contributed by atoms with Crippen LogP contribution in [0.2, 0.25) is 0 Å². The molecule has 17 heavy (non-hydrogen) atoms. The molecule has 1 aromatic carbocycles. The topological polar surface area (TPSA) is 82.1 Å². The standard InChI is InChI=1S/C13H19N3O/c1-13(2,3)16-8-12(17)9-4-5-11(15)10(6-9)7-14/h4-6,12,16-17H,8,15H2,1-3H3. The van der Waals surface area contributed by atoms with Crippen molar-refractivity contribution in [2.75, 3.05) is 12.3 Å². The third kappa shape index (κ3) is 4.06. The summed E-state index contributed by atoms with van der Waals surface area (Å²) in [5.41, 5.74) is 7.11. The Labute approximate surface area is 102 Å². The summed E-state index contributed by atoms with van der Waals surface area (Å²) in [5, 5.41) is 22.0. The van der Waals surface area contributed by atoms with Gasteiger partial charge in [-0.1, -0.05) is 6.07 Å². The maximum Gasteiger partial charge on any atom is 0.101 e. The number of rotatable bonds is 3. The van der Waals surface area contributed by atoms with Crippen molar-refractivity contribution in [3.63, 3.8) is 0 Å². The normalized spacial score (nSPS) is 13.1. The minimum Gasteiger partial charge on any atom is -0.398 e. The largest absolute Gasteiger partial charge is 0.398 e. The van der Waals surface area contributed by atoms with E-state index < -0.39 is 6.10 Å². The first-order valence-corrected chi connectivity index (χ1v) is 5.56. The molecular weight excluding hydrogens is 214 g/mol. The summed E-state index contributed by atoms with van der Waals surface area (Å²) in [6.45, 7) is 6.54. The van der Waals surface area contributed by atoms with E-state index in [2.05, 4.69) is 5.32 Å². The number of nitrogens with two attached hydrogens (primary N) is 1. The number of benzene rings is 1. The first kappa shape index (κ1) is 13.5. The lowest BCUT2D eigenvalue weighted by Gasteiger charge is -2.23. The lowest BCUT2D eigenvalue weighted by Crippen LogP contribution is -2.38. The number of hydrogen-bond acceptors (Lipinski definition) is 4. The fraction of sp³-hybridized carbons (Fsp3) is 0.462. The summed E-state index contributed by atoms with van der Waals surface area (Å²) in [5.74, 6) is 0. The highest BCUT2D eigenvalue weighted by Crippen LogP contribution is 2.19. The van der Waals surface area contributed by atoms with Crippen molar-refractivity contribution in [2.45, 2.75) is 32.4 Å². The zero-order valence-electron chi connectivity index (χ0n) is 10.5. The average molecular weight is 233 g/mol. The summed E-state index contributed by atoms with van der Waals surface area (Å²) in [7, 11) is 0. The summed E-state index contributed by atoms with van der Waals surface area (Å²) >= 11 is 0. The van der Waals surface area contributed by atoms with E-state index in [-0.39, 0.29) is 5.54 Å². The van der Waals surface area contributed by atoms with Gasteiger partial charge >= 0.3 is 0 Å². The Hall–Kier alpha value is -1.57. The van der Waals surface area contributed by atoms with E-state index in [1.807, 2.05) is 26.8 Å². The quantitative estimate of drug-likeness (QED) is 0.692. The second-order valence-electron chi connectivity index (χ2n) is 5.11. The highest BCUT2D eigenvalue weighted by molar-refractivity contribution is 5.55. The number of nitriles is 1. The van der Waals surface area contributed by atoms with Gasteiger partial charge in [0.15, 0.2) is 0 Å². The molecule has 1 aromatic rings. The second-order valence-corrected chi connectivity index (χ2v) is 5.11. The van der Waals surface area contributed by atoms with Crippen molar-refractivity contribution in [3.8, 4) is 6.07 Å². The Morgan fingerprint density at radius 3 is 2.65 bits per heavy atom. The first-order valence-electron chi connectivity index (χ1n) is 5.56. The number of nitrogen functional groups attached to an aromatic ring is 1. The monoisotopic (exact) mass is 233 g/mol. The van der Waals surface area contributed by atoms with Gasteiger partial charge in [0.05, 0.1) is 11.7 Å². The van der Waals surface area contributed by atoms with Crippen molar-refractivity contribution in [1.29, 1.82) is 5.26 Å². The maximum atomic E-state index is 9.98. The van der Waals surface area contributed by atoms with Crippen LogP contribution >= 0.6 is 0 Å². The van der Waals surface area contributed by atoms with Crippen LogP contribution < -0.4 is 11.1 Å². The maximum absolute atomic E-state index is 9.98. The molecule has 4 N–H and O–H groups in total. The van der Waals surface area contributed by atoms with Gasteiger partial charge in [-0.05, 0) is 38.5 Å². The third-order valence-corrected chi connectivity index (χ3v) is 2.41. The molecule has 1 atom stereocenters. The number of nitrogens with zero attached hydrogens (tertiary/aromatic N) is 1. The van der Waals surface area contributed by atoms with Gasteiger partial charge in [-0.2, -0.15) is 5.26 Å². The molecule has 0 saturated heterocycles. The van der Waals surface area contributed by atoms with E-state index in [1.165, 1.54) is 0 Å². The van der Waals surface area contributed by atoms with Crippen molar-refractivity contribution in [3.05, 3.63) is 29.3 Å². The Morgan fingerprint density at radius 2 is 2.12 bits per heavy atom. The molecule has 0 aliphatic heterocycles. The lowest BCUT2D eigenvalue weighted by atomic mass is 10.0. The Morgan fingerprint density at radius 1 is 1.47 bits per heavy atom. The van der Waals surface area contributed by atoms with Crippen molar-refractivity contribution < 1.29 is 5.11 Å². The highest BCUT2D eigenvalue weighted by Gasteiger charge is 2.14. The number of aliphatic hydroxyl groups excluding tert-OH is 1. The molecule has 0 aliphatic rings. The zero-order chi connectivity index (χ0) is 13.1. The smallest absolute Gasteiger partial charge is 0.101 e. The summed E-state index contributed by atoms with van der Waals surface area (Å²) in [6.07, 6.45) is -0.637. The van der Waals surface area contributed by atoms with E-state index >= 15 is 0 Å². The number of anilines is 1. The Bertz CT molecular complexity index is 429. The molecule has 0 bridgehead atoms. The van der Waals surface area contributed by atoms with Crippen LogP contribution in [0.3, 0.4) is 0 Å². The van der Waals surface area contributed by atoms with Gasteiger partial charge < -0.3 is 16.2 Å². The van der Waals surface area contributed by atoms with E-state index in [4.69, 9.17) is 11.0 Å². The predicted octanol–water partition coefficient (Wildman–Crippen LogP) is 1.56. The molecule has 0 aromatic heterocycles. The van der Waals surface area contributed by atoms with Crippen LogP contribution in [0, 0.1) is 11.3 Å². The molecule has 0 saturated carbocycles. The van der Waals surface area contributed by atoms with Gasteiger partial charge in [0.1, 0.15) is 6.07 Å². The fourth-order valence-corrected chi connectivity index (χ4v) is 1.40. The molecule has 0 spiro atoms. The molecule has 1 unspecified atom stereocenters. The van der Waals surface area contributed by atoms with Crippen molar-refractivity contribution in [1.82, 2.24) is 5.32 Å². The van der Waals surface area contributed by atoms with Crippen molar-refractivity contribution >= 4 is 5.69 Å².